The molecule has 2 atom stereocenters. The molecule has 5 aliphatic heterocycles. The first kappa shape index (κ1) is 23.9. The second-order valence-corrected chi connectivity index (χ2v) is 11.5. The fourth-order valence-electron chi connectivity index (χ4n) is 5.96. The second-order valence-electron chi connectivity index (χ2n) is 11.5. The lowest BCUT2D eigenvalue weighted by atomic mass is 9.75. The molecule has 5 aliphatic rings. The van der Waals surface area contributed by atoms with Crippen LogP contribution in [0.4, 0.5) is 0 Å². The van der Waals surface area contributed by atoms with Gasteiger partial charge >= 0.3 is 0 Å². The van der Waals surface area contributed by atoms with Crippen molar-refractivity contribution in [2.75, 3.05) is 13.2 Å². The van der Waals surface area contributed by atoms with E-state index in [-0.39, 0.29) is 5.78 Å². The predicted molar refractivity (Wildman–Crippen MR) is 150 cm³/mol. The fraction of sp³-hybridized carbons (Fsp3) is 0.323. The minimum atomic E-state index is -0.912. The Bertz CT molecular complexity index is 1700. The molecule has 8 nitrogen and oxygen atoms in total. The minimum absolute atomic E-state index is 0.118. The number of ether oxygens (including phenoxy) is 1. The normalized spacial score (nSPS) is 28.5. The van der Waals surface area contributed by atoms with E-state index in [1.54, 1.807) is 0 Å². The molecule has 0 aliphatic carbocycles. The van der Waals surface area contributed by atoms with E-state index in [0.29, 0.717) is 31.4 Å². The number of aryl methyl sites for hydroxylation is 1. The number of carbonyl (C=O) groups excluding carboxylic acids is 1. The molecule has 8 heteroatoms. The Kier molecular flexibility index (Phi) is 5.16. The zero-order valence-electron chi connectivity index (χ0n) is 22.2. The van der Waals surface area contributed by atoms with Gasteiger partial charge in [-0.3, -0.25) is 9.79 Å². The average Bonchev–Trinajstić information content (AvgIpc) is 3.64. The average molecular weight is 519 g/mol. The summed E-state index contributed by atoms with van der Waals surface area (Å²) in [5, 5.41) is 5.59. The molecule has 0 amide bonds. The highest BCUT2D eigenvalue weighted by Crippen LogP contribution is 2.46. The smallest absolute Gasteiger partial charge is 0.173 e. The second kappa shape index (κ2) is 8.41. The van der Waals surface area contributed by atoms with Crippen LogP contribution in [0.2, 0.25) is 0 Å². The number of fused-ring (bicyclic) bond motifs is 6. The molecule has 196 valence electrons. The monoisotopic (exact) mass is 518 g/mol. The van der Waals surface area contributed by atoms with Gasteiger partial charge in [0, 0.05) is 40.3 Å². The molecule has 7 rings (SSSR count). The zero-order valence-corrected chi connectivity index (χ0v) is 22.2. The third kappa shape index (κ3) is 3.98. The van der Waals surface area contributed by atoms with Gasteiger partial charge < -0.3 is 15.0 Å². The van der Waals surface area contributed by atoms with Crippen molar-refractivity contribution < 1.29 is 9.53 Å². The lowest BCUT2D eigenvalue weighted by Gasteiger charge is -2.34. The van der Waals surface area contributed by atoms with Gasteiger partial charge in [-0.25, -0.2) is 15.0 Å². The van der Waals surface area contributed by atoms with Crippen LogP contribution in [-0.4, -0.2) is 50.9 Å². The molecule has 2 fully saturated rings. The van der Waals surface area contributed by atoms with Crippen molar-refractivity contribution in [3.63, 3.8) is 0 Å². The summed E-state index contributed by atoms with van der Waals surface area (Å²) in [4.78, 5) is 36.7. The molecular formula is C31H30N6O2. The number of H-pyrrole nitrogens is 1. The topological polar surface area (TPSA) is 105 Å². The van der Waals surface area contributed by atoms with Gasteiger partial charge in [-0.1, -0.05) is 0 Å². The maximum atomic E-state index is 14.3. The van der Waals surface area contributed by atoms with E-state index in [2.05, 4.69) is 32.4 Å². The van der Waals surface area contributed by atoms with Crippen molar-refractivity contribution in [3.8, 4) is 0 Å². The fourth-order valence-corrected chi connectivity index (χ4v) is 5.96. The summed E-state index contributed by atoms with van der Waals surface area (Å²) in [5.74, 6) is 1.10. The van der Waals surface area contributed by atoms with E-state index >= 15 is 0 Å². The predicted octanol–water partition coefficient (Wildman–Crippen LogP) is 2.35. The minimum Gasteiger partial charge on any atom is -0.381 e. The highest BCUT2D eigenvalue weighted by Gasteiger charge is 2.56. The van der Waals surface area contributed by atoms with Crippen molar-refractivity contribution in [2.45, 2.75) is 38.3 Å². The van der Waals surface area contributed by atoms with Crippen molar-refractivity contribution >= 4 is 29.4 Å². The molecule has 2 saturated heterocycles. The van der Waals surface area contributed by atoms with Crippen LogP contribution in [0.3, 0.4) is 0 Å². The van der Waals surface area contributed by atoms with Crippen molar-refractivity contribution in [1.29, 1.82) is 0 Å². The van der Waals surface area contributed by atoms with Gasteiger partial charge in [-0.15, -0.1) is 0 Å². The summed E-state index contributed by atoms with van der Waals surface area (Å²) in [6.45, 7) is 7.15. The van der Waals surface area contributed by atoms with Crippen LogP contribution in [0.5, 0.6) is 0 Å². The first-order valence-electron chi connectivity index (χ1n) is 13.3. The Labute approximate surface area is 226 Å². The van der Waals surface area contributed by atoms with Gasteiger partial charge in [0.1, 0.15) is 16.9 Å². The summed E-state index contributed by atoms with van der Waals surface area (Å²) >= 11 is 0. The van der Waals surface area contributed by atoms with Gasteiger partial charge in [0.25, 0.3) is 0 Å². The van der Waals surface area contributed by atoms with Gasteiger partial charge in [0.15, 0.2) is 5.78 Å². The molecule has 0 spiro atoms. The number of aromatic amines is 1. The third-order valence-electron chi connectivity index (χ3n) is 8.17. The quantitative estimate of drug-likeness (QED) is 0.649. The lowest BCUT2D eigenvalue weighted by molar-refractivity contribution is -0.129. The Hall–Kier alpha value is -4.17. The Morgan fingerprint density at radius 1 is 1.00 bits per heavy atom. The molecular weight excluding hydrogens is 488 g/mol. The van der Waals surface area contributed by atoms with E-state index in [1.807, 2.05) is 81.8 Å². The number of Topliss-reactive ketones (excluding diaryl/α,β-unsaturated/α-hetero) is 1. The van der Waals surface area contributed by atoms with Crippen LogP contribution in [0.25, 0.3) is 12.2 Å². The Morgan fingerprint density at radius 3 is 2.46 bits per heavy atom. The molecule has 0 radical (unpaired) electrons. The number of nitrogens with one attached hydrogen (secondary N) is 2. The molecule has 2 unspecified atom stereocenters. The maximum absolute atomic E-state index is 14.3. The van der Waals surface area contributed by atoms with Crippen molar-refractivity contribution in [1.82, 2.24) is 20.3 Å². The van der Waals surface area contributed by atoms with E-state index in [4.69, 9.17) is 14.7 Å². The van der Waals surface area contributed by atoms with Gasteiger partial charge in [0.05, 0.1) is 35.7 Å². The van der Waals surface area contributed by atoms with Crippen LogP contribution in [0.15, 0.2) is 82.4 Å². The molecule has 8 bridgehead atoms. The zero-order chi connectivity index (χ0) is 26.8. The van der Waals surface area contributed by atoms with Crippen LogP contribution in [-0.2, 0) is 15.1 Å². The molecule has 7 heterocycles. The largest absolute Gasteiger partial charge is 0.381 e. The number of hydrogen-bond acceptors (Lipinski definition) is 7. The number of hydrogen-bond donors (Lipinski definition) is 2. The first-order valence-corrected chi connectivity index (χ1v) is 13.3. The van der Waals surface area contributed by atoms with E-state index in [0.717, 1.165) is 39.1 Å². The van der Waals surface area contributed by atoms with Crippen LogP contribution >= 0.6 is 0 Å². The highest BCUT2D eigenvalue weighted by molar-refractivity contribution is 6.20. The van der Waals surface area contributed by atoms with Crippen LogP contribution < -0.4 is 16.0 Å². The van der Waals surface area contributed by atoms with E-state index < -0.39 is 16.5 Å². The SMILES string of the molecule is Cc1ncc(C23C=CC(=N2)C=c2ccc([nH]2)=CC2=NC(=CC4(CC5COC5)NC(=C3)C(C)(C)C4=O)C=C2)cn1. The molecule has 0 saturated carbocycles. The Morgan fingerprint density at radius 2 is 1.74 bits per heavy atom. The molecule has 2 N–H and O–H groups in total. The summed E-state index contributed by atoms with van der Waals surface area (Å²) in [6, 6.07) is 4.06. The van der Waals surface area contributed by atoms with Crippen LogP contribution in [0.1, 0.15) is 31.7 Å². The summed E-state index contributed by atoms with van der Waals surface area (Å²) in [6.07, 6.45) is 20.4. The summed E-state index contributed by atoms with van der Waals surface area (Å²) in [7, 11) is 0. The molecule has 0 aromatic carbocycles. The van der Waals surface area contributed by atoms with Gasteiger partial charge in [-0.2, -0.15) is 0 Å². The number of allylic oxidation sites excluding steroid dienone is 4. The van der Waals surface area contributed by atoms with Crippen molar-refractivity contribution in [3.05, 3.63) is 94.5 Å². The number of aliphatic imine (C=N–C) groups is 2. The number of ketones is 1. The van der Waals surface area contributed by atoms with Crippen LogP contribution in [0, 0.1) is 18.3 Å². The molecule has 39 heavy (non-hydrogen) atoms. The molecule has 2 aromatic heterocycles. The van der Waals surface area contributed by atoms with Gasteiger partial charge in [-0.05, 0) is 87.9 Å². The van der Waals surface area contributed by atoms with Gasteiger partial charge in [0.2, 0.25) is 0 Å². The van der Waals surface area contributed by atoms with E-state index in [9.17, 15) is 4.79 Å². The highest BCUT2D eigenvalue weighted by atomic mass is 16.5. The van der Waals surface area contributed by atoms with E-state index in [1.165, 1.54) is 0 Å². The number of nitrogens with zero attached hydrogens (tertiary/aromatic N) is 4. The number of aromatic nitrogens is 3. The summed E-state index contributed by atoms with van der Waals surface area (Å²) in [5.41, 5.74) is 1.53. The number of carbonyl (C=O) groups is 1. The lowest BCUT2D eigenvalue weighted by Crippen LogP contribution is -2.49. The third-order valence-corrected chi connectivity index (χ3v) is 8.17. The Balaban J connectivity index is 1.48. The van der Waals surface area contributed by atoms with Crippen molar-refractivity contribution in [2.24, 2.45) is 21.3 Å². The standard InChI is InChI=1S/C31H30N6O2/c1-19-32-15-21(16-33-19)30-9-8-25(36-30)11-24-5-4-22(34-24)10-23-6-7-26(35-23)13-31(12-20-17-39-18-20)28(38)29(2,3)27(14-30)37-31/h4-11,13-16,20,34,37H,12,17-18H2,1-3H3. The summed E-state index contributed by atoms with van der Waals surface area (Å²) < 4.78 is 5.49. The maximum Gasteiger partial charge on any atom is 0.173 e. The first-order chi connectivity index (χ1) is 18.7. The molecule has 2 aromatic rings. The number of rotatable bonds is 3.